The van der Waals surface area contributed by atoms with E-state index in [4.69, 9.17) is 14.6 Å². The van der Waals surface area contributed by atoms with Gasteiger partial charge >= 0.3 is 6.03 Å². The monoisotopic (exact) mass is 805 g/mol. The van der Waals surface area contributed by atoms with Crippen LogP contribution in [-0.4, -0.2) is 96.0 Å². The van der Waals surface area contributed by atoms with E-state index in [0.29, 0.717) is 34.5 Å². The third-order valence-corrected chi connectivity index (χ3v) is 13.1. The van der Waals surface area contributed by atoms with Gasteiger partial charge in [0, 0.05) is 80.4 Å². The predicted octanol–water partition coefficient (Wildman–Crippen LogP) is 6.06. The molecule has 1 aliphatic carbocycles. The number of imide groups is 1. The number of nitrogens with zero attached hydrogens (tertiary/aromatic N) is 7. The molecule has 0 radical (unpaired) electrons. The first-order chi connectivity index (χ1) is 28.3. The van der Waals surface area contributed by atoms with Crippen LogP contribution in [0.4, 0.5) is 20.7 Å². The van der Waals surface area contributed by atoms with E-state index in [9.17, 15) is 19.6 Å². The number of hydrogen-bond donors (Lipinski definition) is 2. The number of nitrogens with one attached hydrogen (secondary N) is 2. The van der Waals surface area contributed by atoms with Crippen molar-refractivity contribution in [2.75, 3.05) is 56.2 Å². The number of ether oxygens (including phenoxy) is 2. The molecule has 4 amide bonds. The first-order valence-corrected chi connectivity index (χ1v) is 20.5. The summed E-state index contributed by atoms with van der Waals surface area (Å²) in [5.74, 6) is 1.06. The van der Waals surface area contributed by atoms with Crippen molar-refractivity contribution in [3.63, 3.8) is 0 Å². The summed E-state index contributed by atoms with van der Waals surface area (Å²) in [5.41, 5.74) is 1.29. The zero-order valence-electron chi connectivity index (χ0n) is 34.3. The van der Waals surface area contributed by atoms with E-state index in [1.807, 2.05) is 33.8 Å². The van der Waals surface area contributed by atoms with Gasteiger partial charge < -0.3 is 24.6 Å². The molecule has 4 aliphatic rings. The van der Waals surface area contributed by atoms with Crippen molar-refractivity contribution >= 4 is 40.3 Å². The normalized spacial score (nSPS) is 22.4. The molecule has 59 heavy (non-hydrogen) atoms. The quantitative estimate of drug-likeness (QED) is 0.193. The number of amides is 4. The number of piperidine rings is 2. The number of hydrogen-bond acceptors (Lipinski definition) is 10. The van der Waals surface area contributed by atoms with E-state index < -0.39 is 22.7 Å². The van der Waals surface area contributed by atoms with Crippen molar-refractivity contribution in [1.82, 2.24) is 30.3 Å². The van der Waals surface area contributed by atoms with Crippen LogP contribution in [-0.2, 0) is 4.79 Å². The number of likely N-dealkylation sites (tertiary alicyclic amines) is 1. The lowest BCUT2D eigenvalue weighted by Crippen LogP contribution is -2.74. The van der Waals surface area contributed by atoms with Gasteiger partial charge in [-0.1, -0.05) is 27.7 Å². The number of urea groups is 1. The summed E-state index contributed by atoms with van der Waals surface area (Å²) >= 11 is 0. The zero-order valence-corrected chi connectivity index (χ0v) is 34.3. The Hall–Kier alpha value is -5.75. The molecule has 310 valence electrons. The highest BCUT2D eigenvalue weighted by molar-refractivity contribution is 6.08. The van der Waals surface area contributed by atoms with Crippen LogP contribution in [0.2, 0.25) is 0 Å². The average molecular weight is 806 g/mol. The van der Waals surface area contributed by atoms with Crippen LogP contribution >= 0.6 is 0 Å². The van der Waals surface area contributed by atoms with Crippen molar-refractivity contribution < 1.29 is 28.2 Å². The molecule has 14 nitrogen and oxygen atoms in total. The molecule has 3 aliphatic heterocycles. The Morgan fingerprint density at radius 1 is 1.00 bits per heavy atom. The highest BCUT2D eigenvalue weighted by Gasteiger charge is 2.64. The Balaban J connectivity index is 0.817. The van der Waals surface area contributed by atoms with Gasteiger partial charge in [-0.3, -0.25) is 24.5 Å². The fraction of sp³-hybridized carbons (Fsp3) is 0.500. The molecule has 15 heteroatoms. The summed E-state index contributed by atoms with van der Waals surface area (Å²) in [6.45, 7) is 12.9. The number of nitriles is 1. The van der Waals surface area contributed by atoms with Crippen LogP contribution in [0.25, 0.3) is 10.9 Å². The molecule has 2 aromatic carbocycles. The van der Waals surface area contributed by atoms with Crippen molar-refractivity contribution in [2.24, 2.45) is 16.7 Å². The van der Waals surface area contributed by atoms with Gasteiger partial charge in [0.2, 0.25) is 5.91 Å². The summed E-state index contributed by atoms with van der Waals surface area (Å²) in [7, 11) is 1.52. The van der Waals surface area contributed by atoms with E-state index >= 15 is 4.39 Å². The number of benzene rings is 2. The van der Waals surface area contributed by atoms with Crippen LogP contribution in [0.3, 0.4) is 0 Å². The van der Waals surface area contributed by atoms with Gasteiger partial charge in [0.05, 0.1) is 41.5 Å². The van der Waals surface area contributed by atoms with Crippen LogP contribution in [0.5, 0.6) is 11.5 Å². The molecule has 2 N–H and O–H groups in total. The maximum atomic E-state index is 15.7. The molecule has 5 heterocycles. The fourth-order valence-electron chi connectivity index (χ4n) is 10.2. The standard InChI is InChI=1S/C44H52FN9O5/c1-43(2)40(44(3,4)41(43)59-31-8-6-29(24-46)36(23-31)58-5)50-39(56)28-7-9-35(33(45)22-28)52-19-11-27(12-20-52)26-51-17-13-30(14-18-51)54-34-10-16-47-38(32(34)25-48-54)53-21-15-37(55)49-42(53)57/h6-10,16,22-23,25,27,30,40-41H,11-15,17-21,26H2,1-5H3,(H,50,56)(H,49,55,57). The Labute approximate surface area is 343 Å². The third-order valence-electron chi connectivity index (χ3n) is 13.1. The number of carbonyl (C=O) groups excluding carboxylic acids is 3. The van der Waals surface area contributed by atoms with E-state index in [0.717, 1.165) is 69.3 Å². The number of halogens is 1. The first kappa shape index (κ1) is 40.0. The Kier molecular flexibility index (Phi) is 10.7. The largest absolute Gasteiger partial charge is 0.495 e. The molecule has 0 unspecified atom stereocenters. The lowest BCUT2D eigenvalue weighted by molar-refractivity contribution is -0.164. The van der Waals surface area contributed by atoms with Gasteiger partial charge in [-0.2, -0.15) is 10.4 Å². The highest BCUT2D eigenvalue weighted by Crippen LogP contribution is 2.55. The molecule has 4 aromatic rings. The molecule has 1 saturated carbocycles. The fourth-order valence-corrected chi connectivity index (χ4v) is 10.2. The minimum Gasteiger partial charge on any atom is -0.495 e. The van der Waals surface area contributed by atoms with Gasteiger partial charge in [0.25, 0.3) is 5.91 Å². The maximum Gasteiger partial charge on any atom is 0.329 e. The average Bonchev–Trinajstić information content (AvgIpc) is 3.67. The van der Waals surface area contributed by atoms with Crippen LogP contribution in [0.1, 0.15) is 81.8 Å². The van der Waals surface area contributed by atoms with Gasteiger partial charge in [0.15, 0.2) is 0 Å². The van der Waals surface area contributed by atoms with Crippen molar-refractivity contribution in [3.05, 3.63) is 71.8 Å². The topological polar surface area (TPSA) is 158 Å². The van der Waals surface area contributed by atoms with Crippen LogP contribution in [0, 0.1) is 33.9 Å². The number of rotatable bonds is 10. The maximum absolute atomic E-state index is 15.7. The summed E-state index contributed by atoms with van der Waals surface area (Å²) < 4.78 is 29.5. The molecule has 4 fully saturated rings. The smallest absolute Gasteiger partial charge is 0.329 e. The predicted molar refractivity (Wildman–Crippen MR) is 220 cm³/mol. The van der Waals surface area contributed by atoms with Gasteiger partial charge in [-0.05, 0) is 68.0 Å². The third kappa shape index (κ3) is 7.54. The lowest BCUT2D eigenvalue weighted by Gasteiger charge is -2.63. The molecule has 0 atom stereocenters. The number of carbonyl (C=O) groups is 3. The molecule has 3 saturated heterocycles. The van der Waals surface area contributed by atoms with Crippen LogP contribution in [0.15, 0.2) is 54.9 Å². The van der Waals surface area contributed by atoms with Gasteiger partial charge in [-0.25, -0.2) is 14.2 Å². The minimum absolute atomic E-state index is 0.230. The summed E-state index contributed by atoms with van der Waals surface area (Å²) in [6, 6.07) is 13.5. The molecule has 8 rings (SSSR count). The lowest BCUT2D eigenvalue weighted by atomic mass is 9.49. The Morgan fingerprint density at radius 2 is 1.75 bits per heavy atom. The van der Waals surface area contributed by atoms with E-state index in [1.165, 1.54) is 18.1 Å². The van der Waals surface area contributed by atoms with Crippen molar-refractivity contribution in [1.29, 1.82) is 5.26 Å². The molecule has 2 aromatic heterocycles. The zero-order chi connectivity index (χ0) is 41.6. The second-order valence-corrected chi connectivity index (χ2v) is 17.6. The molecular formula is C44H52FN9O5. The first-order valence-electron chi connectivity index (χ1n) is 20.5. The van der Waals surface area contributed by atoms with Crippen LogP contribution < -0.4 is 29.9 Å². The van der Waals surface area contributed by atoms with E-state index in [2.05, 4.69) is 36.2 Å². The highest BCUT2D eigenvalue weighted by atomic mass is 19.1. The Morgan fingerprint density at radius 3 is 2.42 bits per heavy atom. The van der Waals surface area contributed by atoms with Gasteiger partial charge in [0.1, 0.15) is 35.3 Å². The van der Waals surface area contributed by atoms with Crippen molar-refractivity contribution in [2.45, 2.75) is 78.0 Å². The van der Waals surface area contributed by atoms with E-state index in [1.54, 1.807) is 42.7 Å². The van der Waals surface area contributed by atoms with Crippen molar-refractivity contribution in [3.8, 4) is 17.6 Å². The SMILES string of the molecule is COc1cc(OC2C(C)(C)C(NC(=O)c3ccc(N4CCC(CN5CCC(n6ncc7c(N8CCC(=O)NC8=O)nccc76)CC5)CC4)c(F)c3)C2(C)C)ccc1C#N. The Bertz CT molecular complexity index is 2290. The number of methoxy groups -OCH3 is 1. The summed E-state index contributed by atoms with van der Waals surface area (Å²) in [4.78, 5) is 48.3. The number of anilines is 2. The number of aromatic nitrogens is 3. The number of fused-ring (bicyclic) bond motifs is 1. The second-order valence-electron chi connectivity index (χ2n) is 17.6. The van der Waals surface area contributed by atoms with Gasteiger partial charge in [-0.15, -0.1) is 0 Å². The number of pyridine rings is 1. The molecular weight excluding hydrogens is 754 g/mol. The molecule has 0 bridgehead atoms. The summed E-state index contributed by atoms with van der Waals surface area (Å²) in [5, 5.41) is 20.4. The second kappa shape index (κ2) is 15.8. The minimum atomic E-state index is -0.458. The molecule has 0 spiro atoms. The summed E-state index contributed by atoms with van der Waals surface area (Å²) in [6.07, 6.45) is 7.29. The van der Waals surface area contributed by atoms with E-state index in [-0.39, 0.29) is 48.5 Å².